The summed E-state index contributed by atoms with van der Waals surface area (Å²) in [5.74, 6) is 0.0807. The molecule has 1 aromatic carbocycles. The molecule has 0 atom stereocenters. The average Bonchev–Trinajstić information content (AvgIpc) is 3.27. The Kier molecular flexibility index (Phi) is 18.5. The van der Waals surface area contributed by atoms with Crippen LogP contribution in [0.4, 0.5) is 0 Å². The second-order valence-corrected chi connectivity index (χ2v) is 7.98. The molecule has 12 nitrogen and oxygen atoms in total. The molecule has 1 heterocycles. The van der Waals surface area contributed by atoms with Crippen molar-refractivity contribution in [3.63, 3.8) is 0 Å². The minimum atomic E-state index is -0.308. The Bertz CT molecular complexity index is 814. The summed E-state index contributed by atoms with van der Waals surface area (Å²) in [6, 6.07) is 6.90. The minimum absolute atomic E-state index is 0.238. The van der Waals surface area contributed by atoms with Crippen molar-refractivity contribution in [2.75, 3.05) is 106 Å². The molecule has 0 N–H and O–H groups in total. The number of benzene rings is 1. The number of rotatable bonds is 26. The van der Waals surface area contributed by atoms with Crippen LogP contribution in [0.25, 0.3) is 0 Å². The smallest absolute Gasteiger partial charge is 0.253 e. The predicted molar refractivity (Wildman–Crippen MR) is 139 cm³/mol. The van der Waals surface area contributed by atoms with Crippen LogP contribution in [0, 0.1) is 0 Å². The van der Waals surface area contributed by atoms with Crippen LogP contribution >= 0.6 is 0 Å². The highest BCUT2D eigenvalue weighted by molar-refractivity contribution is 6.12. The van der Waals surface area contributed by atoms with Crippen LogP contribution in [0.1, 0.15) is 10.4 Å². The lowest BCUT2D eigenvalue weighted by molar-refractivity contribution is -0.137. The number of aldehydes is 1. The second kappa shape index (κ2) is 22.1. The summed E-state index contributed by atoms with van der Waals surface area (Å²) in [5, 5.41) is 0. The molecular weight excluding hydrogens is 514 g/mol. The van der Waals surface area contributed by atoms with E-state index in [-0.39, 0.29) is 25.0 Å². The Labute approximate surface area is 229 Å². The van der Waals surface area contributed by atoms with Gasteiger partial charge in [0.2, 0.25) is 0 Å². The predicted octanol–water partition coefficient (Wildman–Crippen LogP) is 0.919. The van der Waals surface area contributed by atoms with E-state index < -0.39 is 0 Å². The Balaban J connectivity index is 1.20. The zero-order valence-electron chi connectivity index (χ0n) is 22.3. The van der Waals surface area contributed by atoms with E-state index in [1.165, 1.54) is 12.2 Å². The van der Waals surface area contributed by atoms with Gasteiger partial charge in [-0.2, -0.15) is 0 Å². The van der Waals surface area contributed by atoms with E-state index >= 15 is 0 Å². The van der Waals surface area contributed by atoms with E-state index in [2.05, 4.69) is 0 Å². The molecule has 0 unspecified atom stereocenters. The largest absolute Gasteiger partial charge is 0.491 e. The van der Waals surface area contributed by atoms with Gasteiger partial charge in [0.05, 0.1) is 99.0 Å². The van der Waals surface area contributed by atoms with Gasteiger partial charge in [-0.05, 0) is 24.3 Å². The van der Waals surface area contributed by atoms with Crippen molar-refractivity contribution < 1.29 is 52.3 Å². The van der Waals surface area contributed by atoms with Gasteiger partial charge in [0.15, 0.2) is 0 Å². The number of imide groups is 1. The highest BCUT2D eigenvalue weighted by Crippen LogP contribution is 2.10. The van der Waals surface area contributed by atoms with Crippen LogP contribution < -0.4 is 4.74 Å². The first kappa shape index (κ1) is 32.5. The standard InChI is InChI=1S/C27H39NO11/c29-23-24-1-3-25(4-2-24)39-22-21-38-20-19-37-18-17-36-16-15-35-14-13-34-12-11-33-10-9-32-8-7-28-26(30)5-6-27(28)31/h1-6,23H,7-22H2. The van der Waals surface area contributed by atoms with E-state index in [1.54, 1.807) is 24.3 Å². The Morgan fingerprint density at radius 3 is 1.26 bits per heavy atom. The lowest BCUT2D eigenvalue weighted by atomic mass is 10.2. The third-order valence-electron chi connectivity index (χ3n) is 5.10. The molecule has 0 radical (unpaired) electrons. The Morgan fingerprint density at radius 1 is 0.513 bits per heavy atom. The lowest BCUT2D eigenvalue weighted by Crippen LogP contribution is -2.33. The zero-order valence-corrected chi connectivity index (χ0v) is 22.3. The molecule has 1 aromatic rings. The van der Waals surface area contributed by atoms with Crippen LogP contribution in [0.5, 0.6) is 5.75 Å². The quantitative estimate of drug-likeness (QED) is 0.0923. The molecule has 0 aliphatic carbocycles. The average molecular weight is 554 g/mol. The molecule has 0 saturated heterocycles. The molecule has 0 fully saturated rings. The number of hydrogen-bond donors (Lipinski definition) is 0. The minimum Gasteiger partial charge on any atom is -0.491 e. The number of carbonyl (C=O) groups excluding carboxylic acids is 3. The van der Waals surface area contributed by atoms with Crippen molar-refractivity contribution in [3.8, 4) is 5.75 Å². The van der Waals surface area contributed by atoms with Crippen LogP contribution in [-0.2, 0) is 42.7 Å². The van der Waals surface area contributed by atoms with Gasteiger partial charge in [0.25, 0.3) is 11.8 Å². The third-order valence-corrected chi connectivity index (χ3v) is 5.10. The molecular formula is C27H39NO11. The van der Waals surface area contributed by atoms with E-state index in [9.17, 15) is 14.4 Å². The highest BCUT2D eigenvalue weighted by atomic mass is 16.6. The van der Waals surface area contributed by atoms with Gasteiger partial charge < -0.3 is 37.9 Å². The van der Waals surface area contributed by atoms with Gasteiger partial charge in [0, 0.05) is 17.7 Å². The Hall–Kier alpha value is -2.71. The van der Waals surface area contributed by atoms with Crippen molar-refractivity contribution in [1.82, 2.24) is 4.90 Å². The van der Waals surface area contributed by atoms with E-state index in [1.807, 2.05) is 0 Å². The van der Waals surface area contributed by atoms with Crippen molar-refractivity contribution in [2.45, 2.75) is 0 Å². The first-order chi connectivity index (χ1) is 19.2. The molecule has 39 heavy (non-hydrogen) atoms. The molecule has 0 saturated carbocycles. The van der Waals surface area contributed by atoms with E-state index in [4.69, 9.17) is 37.9 Å². The van der Waals surface area contributed by atoms with Crippen molar-refractivity contribution in [1.29, 1.82) is 0 Å². The fraction of sp³-hybridized carbons (Fsp3) is 0.593. The van der Waals surface area contributed by atoms with Gasteiger partial charge in [0.1, 0.15) is 18.6 Å². The molecule has 12 heteroatoms. The molecule has 0 aromatic heterocycles. The van der Waals surface area contributed by atoms with Crippen LogP contribution in [-0.4, -0.2) is 129 Å². The number of hydrogen-bond acceptors (Lipinski definition) is 11. The summed E-state index contributed by atoms with van der Waals surface area (Å²) in [6.07, 6.45) is 3.30. The maximum absolute atomic E-state index is 11.4. The first-order valence-electron chi connectivity index (χ1n) is 13.0. The number of ether oxygens (including phenoxy) is 8. The zero-order chi connectivity index (χ0) is 27.8. The van der Waals surface area contributed by atoms with Gasteiger partial charge in [-0.3, -0.25) is 19.3 Å². The number of carbonyl (C=O) groups is 3. The van der Waals surface area contributed by atoms with Crippen molar-refractivity contribution >= 4 is 18.1 Å². The summed E-state index contributed by atoms with van der Waals surface area (Å²) in [6.45, 7) is 6.85. The normalized spacial score (nSPS) is 13.0. The van der Waals surface area contributed by atoms with Crippen LogP contribution in [0.15, 0.2) is 36.4 Å². The summed E-state index contributed by atoms with van der Waals surface area (Å²) >= 11 is 0. The van der Waals surface area contributed by atoms with Crippen molar-refractivity contribution in [3.05, 3.63) is 42.0 Å². The highest BCUT2D eigenvalue weighted by Gasteiger charge is 2.22. The number of nitrogens with zero attached hydrogens (tertiary/aromatic N) is 1. The topological polar surface area (TPSA) is 128 Å². The van der Waals surface area contributed by atoms with E-state index in [0.29, 0.717) is 104 Å². The van der Waals surface area contributed by atoms with Gasteiger partial charge in [-0.1, -0.05) is 0 Å². The van der Waals surface area contributed by atoms with Gasteiger partial charge >= 0.3 is 0 Å². The SMILES string of the molecule is O=Cc1ccc(OCCOCCOCCOCCOCCOCCOCCOCCN2C(=O)C=CC2=O)cc1. The summed E-state index contributed by atoms with van der Waals surface area (Å²) < 4.78 is 43.4. The van der Waals surface area contributed by atoms with Gasteiger partial charge in [-0.25, -0.2) is 0 Å². The molecule has 0 spiro atoms. The second-order valence-electron chi connectivity index (χ2n) is 7.98. The molecule has 2 amide bonds. The third kappa shape index (κ3) is 16.1. The number of amides is 2. The molecule has 1 aliphatic rings. The van der Waals surface area contributed by atoms with Crippen LogP contribution in [0.2, 0.25) is 0 Å². The maximum Gasteiger partial charge on any atom is 0.253 e. The maximum atomic E-state index is 11.4. The summed E-state index contributed by atoms with van der Waals surface area (Å²) in [7, 11) is 0. The van der Waals surface area contributed by atoms with Crippen molar-refractivity contribution in [2.24, 2.45) is 0 Å². The first-order valence-corrected chi connectivity index (χ1v) is 13.0. The Morgan fingerprint density at radius 2 is 0.872 bits per heavy atom. The molecule has 0 bridgehead atoms. The molecule has 1 aliphatic heterocycles. The summed E-state index contributed by atoms with van der Waals surface area (Å²) in [4.78, 5) is 34.5. The van der Waals surface area contributed by atoms with E-state index in [0.717, 1.165) is 11.2 Å². The lowest BCUT2D eigenvalue weighted by Gasteiger charge is -2.13. The molecule has 2 rings (SSSR count). The van der Waals surface area contributed by atoms with Crippen LogP contribution in [0.3, 0.4) is 0 Å². The van der Waals surface area contributed by atoms with Gasteiger partial charge in [-0.15, -0.1) is 0 Å². The monoisotopic (exact) mass is 553 g/mol. The molecule has 218 valence electrons. The fourth-order valence-corrected chi connectivity index (χ4v) is 3.09. The summed E-state index contributed by atoms with van der Waals surface area (Å²) in [5.41, 5.74) is 0.612. The fourth-order valence-electron chi connectivity index (χ4n) is 3.09.